The van der Waals surface area contributed by atoms with Gasteiger partial charge in [-0.15, -0.1) is 10.2 Å². The number of amides is 1. The molecule has 2 aromatic rings. The van der Waals surface area contributed by atoms with Crippen molar-refractivity contribution < 1.29 is 9.53 Å². The Morgan fingerprint density at radius 2 is 1.96 bits per heavy atom. The molecule has 0 atom stereocenters. The quantitative estimate of drug-likeness (QED) is 0.800. The maximum atomic E-state index is 12.7. The third kappa shape index (κ3) is 4.10. The van der Waals surface area contributed by atoms with Crippen molar-refractivity contribution in [1.82, 2.24) is 20.1 Å². The molecule has 1 aromatic carbocycles. The van der Waals surface area contributed by atoms with Gasteiger partial charge >= 0.3 is 0 Å². The maximum absolute atomic E-state index is 12.7. The van der Waals surface area contributed by atoms with Crippen LogP contribution in [-0.4, -0.2) is 40.4 Å². The topological polar surface area (TPSA) is 89.3 Å². The van der Waals surface area contributed by atoms with Crippen LogP contribution < -0.4 is 20.5 Å². The van der Waals surface area contributed by atoms with E-state index in [1.807, 2.05) is 36.1 Å². The number of carbonyl (C=O) groups is 1. The fourth-order valence-corrected chi connectivity index (χ4v) is 2.95. The highest BCUT2D eigenvalue weighted by Crippen LogP contribution is 2.28. The van der Waals surface area contributed by atoms with Crippen LogP contribution in [0.1, 0.15) is 37.7 Å². The molecule has 1 N–H and O–H groups in total. The Kier molecular flexibility index (Phi) is 5.73. The standard InChI is InChI=1S/C19H25N5O3/c1-4-27-15-7-5-14(6-8-15)23-11-12-24-18(26)16(21-22-19(23)24)17(25)20-10-9-13(2)3/h5-8,13H,4,9-12H2,1-3H3,(H,20,25). The molecule has 3 rings (SSSR count). The lowest BCUT2D eigenvalue weighted by molar-refractivity contribution is 0.0943. The van der Waals surface area contributed by atoms with Crippen molar-refractivity contribution in [3.05, 3.63) is 40.3 Å². The number of fused-ring (bicyclic) bond motifs is 1. The Morgan fingerprint density at radius 1 is 1.22 bits per heavy atom. The first-order valence-electron chi connectivity index (χ1n) is 9.27. The average Bonchev–Trinajstić information content (AvgIpc) is 3.07. The van der Waals surface area contributed by atoms with Crippen LogP contribution in [0.25, 0.3) is 0 Å². The van der Waals surface area contributed by atoms with Crippen LogP contribution in [0.2, 0.25) is 0 Å². The van der Waals surface area contributed by atoms with E-state index in [0.717, 1.165) is 17.9 Å². The van der Waals surface area contributed by atoms with E-state index in [0.29, 0.717) is 38.1 Å². The van der Waals surface area contributed by atoms with Crippen LogP contribution in [0.3, 0.4) is 0 Å². The second kappa shape index (κ2) is 8.20. The van der Waals surface area contributed by atoms with E-state index >= 15 is 0 Å². The van der Waals surface area contributed by atoms with E-state index in [1.165, 1.54) is 4.57 Å². The van der Waals surface area contributed by atoms with Crippen LogP contribution in [0, 0.1) is 5.92 Å². The molecule has 1 aliphatic heterocycles. The second-order valence-electron chi connectivity index (χ2n) is 6.82. The summed E-state index contributed by atoms with van der Waals surface area (Å²) in [6.07, 6.45) is 0.844. The summed E-state index contributed by atoms with van der Waals surface area (Å²) >= 11 is 0. The number of nitrogens with one attached hydrogen (secondary N) is 1. The lowest BCUT2D eigenvalue weighted by Gasteiger charge is -2.17. The summed E-state index contributed by atoms with van der Waals surface area (Å²) in [5.74, 6) is 1.24. The predicted octanol–water partition coefficient (Wildman–Crippen LogP) is 1.96. The molecule has 8 nitrogen and oxygen atoms in total. The highest BCUT2D eigenvalue weighted by atomic mass is 16.5. The van der Waals surface area contributed by atoms with Crippen LogP contribution >= 0.6 is 0 Å². The van der Waals surface area contributed by atoms with Gasteiger partial charge in [-0.2, -0.15) is 0 Å². The third-order valence-electron chi connectivity index (χ3n) is 4.40. The molecular formula is C19H25N5O3. The summed E-state index contributed by atoms with van der Waals surface area (Å²) in [6, 6.07) is 7.59. The number of ether oxygens (including phenoxy) is 1. The zero-order valence-electron chi connectivity index (χ0n) is 15.9. The first kappa shape index (κ1) is 18.9. The van der Waals surface area contributed by atoms with Gasteiger partial charge in [-0.25, -0.2) is 0 Å². The lowest BCUT2D eigenvalue weighted by Crippen LogP contribution is -2.35. The van der Waals surface area contributed by atoms with Gasteiger partial charge in [0.2, 0.25) is 11.6 Å². The van der Waals surface area contributed by atoms with Gasteiger partial charge in [0.15, 0.2) is 0 Å². The number of aromatic nitrogens is 3. The summed E-state index contributed by atoms with van der Waals surface area (Å²) in [5, 5.41) is 10.8. The minimum atomic E-state index is -0.469. The fraction of sp³-hybridized carbons (Fsp3) is 0.474. The molecule has 0 saturated heterocycles. The SMILES string of the molecule is CCOc1ccc(N2CCn3c2nnc(C(=O)NCCC(C)C)c3=O)cc1. The molecule has 0 bridgehead atoms. The first-order valence-corrected chi connectivity index (χ1v) is 9.27. The van der Waals surface area contributed by atoms with Crippen LogP contribution in [0.5, 0.6) is 5.75 Å². The van der Waals surface area contributed by atoms with Crippen LogP contribution in [0.15, 0.2) is 29.1 Å². The molecule has 0 saturated carbocycles. The van der Waals surface area contributed by atoms with Gasteiger partial charge in [0, 0.05) is 25.3 Å². The molecule has 27 heavy (non-hydrogen) atoms. The Bertz CT molecular complexity index is 861. The average molecular weight is 371 g/mol. The molecule has 1 aliphatic rings. The second-order valence-corrected chi connectivity index (χ2v) is 6.82. The van der Waals surface area contributed by atoms with E-state index in [9.17, 15) is 9.59 Å². The normalized spacial score (nSPS) is 13.0. The van der Waals surface area contributed by atoms with E-state index in [2.05, 4.69) is 29.4 Å². The van der Waals surface area contributed by atoms with Gasteiger partial charge in [0.25, 0.3) is 11.5 Å². The van der Waals surface area contributed by atoms with Crippen molar-refractivity contribution in [2.75, 3.05) is 24.6 Å². The highest BCUT2D eigenvalue weighted by Gasteiger charge is 2.27. The monoisotopic (exact) mass is 371 g/mol. The molecule has 1 aromatic heterocycles. The van der Waals surface area contributed by atoms with Gasteiger partial charge < -0.3 is 15.0 Å². The number of benzene rings is 1. The zero-order chi connectivity index (χ0) is 19.4. The van der Waals surface area contributed by atoms with E-state index in [-0.39, 0.29) is 5.69 Å². The molecule has 2 heterocycles. The van der Waals surface area contributed by atoms with E-state index < -0.39 is 11.5 Å². The molecule has 0 spiro atoms. The Labute approximate surface area is 158 Å². The highest BCUT2D eigenvalue weighted by molar-refractivity contribution is 5.91. The van der Waals surface area contributed by atoms with Crippen LogP contribution in [0.4, 0.5) is 11.6 Å². The van der Waals surface area contributed by atoms with Crippen molar-refractivity contribution in [1.29, 1.82) is 0 Å². The lowest BCUT2D eigenvalue weighted by atomic mass is 10.1. The zero-order valence-corrected chi connectivity index (χ0v) is 15.9. The van der Waals surface area contributed by atoms with E-state index in [4.69, 9.17) is 4.74 Å². The molecule has 0 aliphatic carbocycles. The van der Waals surface area contributed by atoms with Crippen molar-refractivity contribution in [3.8, 4) is 5.75 Å². The van der Waals surface area contributed by atoms with Crippen molar-refractivity contribution in [3.63, 3.8) is 0 Å². The number of nitrogens with zero attached hydrogens (tertiary/aromatic N) is 4. The summed E-state index contributed by atoms with van der Waals surface area (Å²) < 4.78 is 6.96. The predicted molar refractivity (Wildman–Crippen MR) is 103 cm³/mol. The number of hydrogen-bond acceptors (Lipinski definition) is 6. The first-order chi connectivity index (χ1) is 13.0. The smallest absolute Gasteiger partial charge is 0.286 e. The molecule has 0 unspecified atom stereocenters. The Hall–Kier alpha value is -2.90. The minimum absolute atomic E-state index is 0.156. The summed E-state index contributed by atoms with van der Waals surface area (Å²) in [5.41, 5.74) is 0.332. The van der Waals surface area contributed by atoms with Crippen molar-refractivity contribution in [2.24, 2.45) is 5.92 Å². The number of anilines is 2. The Morgan fingerprint density at radius 3 is 2.63 bits per heavy atom. The molecular weight excluding hydrogens is 346 g/mol. The number of rotatable bonds is 7. The third-order valence-corrected chi connectivity index (χ3v) is 4.40. The number of carbonyl (C=O) groups excluding carboxylic acids is 1. The number of hydrogen-bond donors (Lipinski definition) is 1. The summed E-state index contributed by atoms with van der Waals surface area (Å²) in [7, 11) is 0. The van der Waals surface area contributed by atoms with Gasteiger partial charge in [-0.3, -0.25) is 14.2 Å². The molecule has 1 amide bonds. The molecule has 144 valence electrons. The molecule has 0 fully saturated rings. The van der Waals surface area contributed by atoms with Crippen molar-refractivity contribution >= 4 is 17.5 Å². The van der Waals surface area contributed by atoms with Crippen LogP contribution in [-0.2, 0) is 6.54 Å². The van der Waals surface area contributed by atoms with Gasteiger partial charge in [0.05, 0.1) is 6.61 Å². The van der Waals surface area contributed by atoms with E-state index in [1.54, 1.807) is 0 Å². The van der Waals surface area contributed by atoms with Crippen molar-refractivity contribution in [2.45, 2.75) is 33.7 Å². The van der Waals surface area contributed by atoms with Gasteiger partial charge in [0.1, 0.15) is 5.75 Å². The molecule has 0 radical (unpaired) electrons. The largest absolute Gasteiger partial charge is 0.494 e. The Balaban J connectivity index is 1.79. The summed E-state index contributed by atoms with van der Waals surface area (Å²) in [4.78, 5) is 26.8. The fourth-order valence-electron chi connectivity index (χ4n) is 2.95. The van der Waals surface area contributed by atoms with Gasteiger partial charge in [-0.1, -0.05) is 13.8 Å². The maximum Gasteiger partial charge on any atom is 0.286 e. The van der Waals surface area contributed by atoms with Gasteiger partial charge in [-0.05, 0) is 43.5 Å². The minimum Gasteiger partial charge on any atom is -0.494 e. The summed E-state index contributed by atoms with van der Waals surface area (Å²) in [6.45, 7) is 8.26. The molecule has 8 heteroatoms.